The minimum absolute atomic E-state index is 0.147. The molecule has 0 aromatic heterocycles. The van der Waals surface area contributed by atoms with E-state index >= 15 is 0 Å². The van der Waals surface area contributed by atoms with Gasteiger partial charge in [-0.2, -0.15) is 0 Å². The van der Waals surface area contributed by atoms with Crippen LogP contribution < -0.4 is 0 Å². The Morgan fingerprint density at radius 3 is 2.17 bits per heavy atom. The van der Waals surface area contributed by atoms with Gasteiger partial charge < -0.3 is 9.84 Å². The molecule has 1 N–H and O–H groups in total. The molecule has 0 saturated carbocycles. The van der Waals surface area contributed by atoms with Crippen LogP contribution in [-0.4, -0.2) is 22.2 Å². The van der Waals surface area contributed by atoms with Crippen LogP contribution in [0.3, 0.4) is 0 Å². The van der Waals surface area contributed by atoms with Crippen molar-refractivity contribution < 1.29 is 9.84 Å². The summed E-state index contributed by atoms with van der Waals surface area (Å²) in [5.41, 5.74) is -0.619. The zero-order valence-electron chi connectivity index (χ0n) is 8.06. The zero-order valence-corrected chi connectivity index (χ0v) is 11.0. The summed E-state index contributed by atoms with van der Waals surface area (Å²) < 4.78 is 5.55. The topological polar surface area (TPSA) is 29.5 Å². The van der Waals surface area contributed by atoms with E-state index in [2.05, 4.69) is 21.2 Å². The molecule has 2 nitrogen and oxygen atoms in total. The molecule has 0 saturated heterocycles. The van der Waals surface area contributed by atoms with E-state index in [0.29, 0.717) is 13.0 Å². The molecule has 0 spiro atoms. The Kier molecular flexibility index (Phi) is 5.44. The minimum Gasteiger partial charge on any atom is -0.390 e. The van der Waals surface area contributed by atoms with Crippen molar-refractivity contribution in [3.05, 3.63) is 0 Å². The second kappa shape index (κ2) is 5.02. The zero-order chi connectivity index (χ0) is 9.83. The summed E-state index contributed by atoms with van der Waals surface area (Å²) in [4.78, 5) is -0.147. The van der Waals surface area contributed by atoms with Crippen LogP contribution in [-0.2, 0) is 4.74 Å². The summed E-state index contributed by atoms with van der Waals surface area (Å²) >= 11 is 2.22. The third kappa shape index (κ3) is 7.64. The lowest BCUT2D eigenvalue weighted by Gasteiger charge is -2.24. The van der Waals surface area contributed by atoms with E-state index in [1.165, 1.54) is 0 Å². The largest absolute Gasteiger partial charge is 0.390 e. The van der Waals surface area contributed by atoms with Crippen molar-refractivity contribution in [2.24, 2.45) is 0 Å². The standard InChI is InChI=1S/C8H17IO2S/c1-7(2,10)5-6-11-8(3,4)12-9/h10H,5-6H2,1-4H3. The average Bonchev–Trinajstić information content (AvgIpc) is 1.84. The first-order valence-corrected chi connectivity index (χ1v) is 7.29. The van der Waals surface area contributed by atoms with Crippen LogP contribution in [0.4, 0.5) is 0 Å². The van der Waals surface area contributed by atoms with E-state index < -0.39 is 5.60 Å². The number of halogens is 1. The first kappa shape index (κ1) is 13.0. The molecule has 0 rings (SSSR count). The van der Waals surface area contributed by atoms with Crippen molar-refractivity contribution in [2.45, 2.75) is 44.6 Å². The summed E-state index contributed by atoms with van der Waals surface area (Å²) in [6.07, 6.45) is 0.674. The van der Waals surface area contributed by atoms with E-state index in [1.54, 1.807) is 22.8 Å². The van der Waals surface area contributed by atoms with Gasteiger partial charge in [-0.05, 0) is 55.3 Å². The molecule has 0 aromatic rings. The maximum atomic E-state index is 9.40. The Bertz CT molecular complexity index is 132. The van der Waals surface area contributed by atoms with Gasteiger partial charge in [-0.25, -0.2) is 0 Å². The highest BCUT2D eigenvalue weighted by molar-refractivity contribution is 14.2. The molecule has 0 bridgehead atoms. The van der Waals surface area contributed by atoms with Crippen molar-refractivity contribution in [3.8, 4) is 0 Å². The van der Waals surface area contributed by atoms with Crippen LogP contribution in [0.15, 0.2) is 0 Å². The molecule has 0 radical (unpaired) electrons. The third-order valence-electron chi connectivity index (χ3n) is 1.35. The second-order valence-electron chi connectivity index (χ2n) is 3.89. The lowest BCUT2D eigenvalue weighted by molar-refractivity contribution is -0.00183. The number of hydrogen-bond donors (Lipinski definition) is 1. The van der Waals surface area contributed by atoms with E-state index in [4.69, 9.17) is 4.74 Å². The molecule has 74 valence electrons. The van der Waals surface area contributed by atoms with E-state index in [9.17, 15) is 5.11 Å². The van der Waals surface area contributed by atoms with Crippen molar-refractivity contribution in [1.29, 1.82) is 0 Å². The third-order valence-corrected chi connectivity index (χ3v) is 5.02. The van der Waals surface area contributed by atoms with Gasteiger partial charge in [0.2, 0.25) is 0 Å². The molecule has 0 fully saturated rings. The Morgan fingerprint density at radius 2 is 1.83 bits per heavy atom. The van der Waals surface area contributed by atoms with Gasteiger partial charge in [0.05, 0.1) is 12.2 Å². The van der Waals surface area contributed by atoms with E-state index in [1.807, 2.05) is 13.8 Å². The van der Waals surface area contributed by atoms with Gasteiger partial charge in [-0.15, -0.1) is 0 Å². The summed E-state index contributed by atoms with van der Waals surface area (Å²) in [5.74, 6) is 0. The highest BCUT2D eigenvalue weighted by Gasteiger charge is 2.19. The van der Waals surface area contributed by atoms with Gasteiger partial charge in [0.15, 0.2) is 0 Å². The number of aliphatic hydroxyl groups is 1. The molecule has 0 atom stereocenters. The molecule has 0 aliphatic carbocycles. The van der Waals surface area contributed by atoms with Gasteiger partial charge in [0.1, 0.15) is 4.93 Å². The summed E-state index contributed by atoms with van der Waals surface area (Å²) in [6, 6.07) is 0. The van der Waals surface area contributed by atoms with Gasteiger partial charge >= 0.3 is 0 Å². The SMILES string of the molecule is CC(C)(O)CCOC(C)(C)SI. The monoisotopic (exact) mass is 304 g/mol. The fourth-order valence-electron chi connectivity index (χ4n) is 0.569. The average molecular weight is 304 g/mol. The predicted octanol–water partition coefficient (Wildman–Crippen LogP) is 2.98. The summed E-state index contributed by atoms with van der Waals surface area (Å²) in [5, 5.41) is 9.40. The maximum absolute atomic E-state index is 9.40. The first-order valence-electron chi connectivity index (χ1n) is 3.93. The fourth-order valence-corrected chi connectivity index (χ4v) is 1.08. The molecule has 12 heavy (non-hydrogen) atoms. The first-order chi connectivity index (χ1) is 5.27. The Balaban J connectivity index is 3.57. The van der Waals surface area contributed by atoms with Crippen LogP contribution in [0.2, 0.25) is 0 Å². The molecule has 0 unspecified atom stereocenters. The van der Waals surface area contributed by atoms with Gasteiger partial charge in [0, 0.05) is 0 Å². The quantitative estimate of drug-likeness (QED) is 0.625. The molecule has 0 amide bonds. The highest BCUT2D eigenvalue weighted by atomic mass is 127. The van der Waals surface area contributed by atoms with Crippen LogP contribution >= 0.6 is 30.1 Å². The molecular formula is C8H17IO2S. The van der Waals surface area contributed by atoms with E-state index in [-0.39, 0.29) is 4.93 Å². The van der Waals surface area contributed by atoms with Gasteiger partial charge in [-0.3, -0.25) is 0 Å². The molecule has 4 heteroatoms. The maximum Gasteiger partial charge on any atom is 0.117 e. The fraction of sp³-hybridized carbons (Fsp3) is 1.00. The van der Waals surface area contributed by atoms with Crippen LogP contribution in [0.5, 0.6) is 0 Å². The lowest BCUT2D eigenvalue weighted by Crippen LogP contribution is -2.25. The Morgan fingerprint density at radius 1 is 1.33 bits per heavy atom. The summed E-state index contributed by atoms with van der Waals surface area (Å²) in [7, 11) is 1.64. The van der Waals surface area contributed by atoms with Crippen molar-refractivity contribution in [3.63, 3.8) is 0 Å². The Hall–Kier alpha value is 1.00. The van der Waals surface area contributed by atoms with Crippen molar-refractivity contribution >= 4 is 30.1 Å². The number of ether oxygens (including phenoxy) is 1. The predicted molar refractivity (Wildman–Crippen MR) is 62.6 cm³/mol. The van der Waals surface area contributed by atoms with Gasteiger partial charge in [-0.1, -0.05) is 8.93 Å². The molecule has 0 aliphatic heterocycles. The summed E-state index contributed by atoms with van der Waals surface area (Å²) in [6.45, 7) is 8.23. The van der Waals surface area contributed by atoms with Crippen LogP contribution in [0.1, 0.15) is 34.1 Å². The molecule has 0 aromatic carbocycles. The van der Waals surface area contributed by atoms with Crippen molar-refractivity contribution in [1.82, 2.24) is 0 Å². The smallest absolute Gasteiger partial charge is 0.117 e. The van der Waals surface area contributed by atoms with Crippen LogP contribution in [0, 0.1) is 0 Å². The molecular weight excluding hydrogens is 287 g/mol. The van der Waals surface area contributed by atoms with Crippen molar-refractivity contribution in [2.75, 3.05) is 6.61 Å². The van der Waals surface area contributed by atoms with Gasteiger partial charge in [0.25, 0.3) is 0 Å². The lowest BCUT2D eigenvalue weighted by atomic mass is 10.1. The van der Waals surface area contributed by atoms with Crippen LogP contribution in [0.25, 0.3) is 0 Å². The number of rotatable bonds is 5. The molecule has 0 heterocycles. The minimum atomic E-state index is -0.619. The normalized spacial score (nSPS) is 13.5. The van der Waals surface area contributed by atoms with E-state index in [0.717, 1.165) is 0 Å². The highest BCUT2D eigenvalue weighted by Crippen LogP contribution is 2.32. The number of hydrogen-bond acceptors (Lipinski definition) is 3. The second-order valence-corrected chi connectivity index (χ2v) is 6.35. The Labute approximate surface area is 91.0 Å². The molecule has 0 aliphatic rings.